The number of oxazole rings is 1. The fourth-order valence-electron chi connectivity index (χ4n) is 2.98. The highest BCUT2D eigenvalue weighted by atomic mass is 19.1. The molecule has 0 radical (unpaired) electrons. The van der Waals surface area contributed by atoms with Crippen molar-refractivity contribution < 1.29 is 13.2 Å². The summed E-state index contributed by atoms with van der Waals surface area (Å²) in [6, 6.07) is 6.90. The standard InChI is InChI=1S/C18H12F2N4O/c19-12-4-5-14(20)13(7-12)16-17(25-9-21-16)11-3-6-15-22-23-18(10-1-2-10)24(15)8-11/h3-10H,1-2H2. The molecule has 0 atom stereocenters. The Kier molecular flexibility index (Phi) is 2.97. The first kappa shape index (κ1) is 14.3. The Morgan fingerprint density at radius 1 is 1.08 bits per heavy atom. The molecule has 0 N–H and O–H groups in total. The summed E-state index contributed by atoms with van der Waals surface area (Å²) in [6.07, 6.45) is 5.29. The number of nitrogens with zero attached hydrogens (tertiary/aromatic N) is 4. The van der Waals surface area contributed by atoms with E-state index in [0.717, 1.165) is 42.5 Å². The van der Waals surface area contributed by atoms with Crippen LogP contribution in [0.25, 0.3) is 28.2 Å². The molecule has 1 saturated carbocycles. The van der Waals surface area contributed by atoms with Crippen LogP contribution in [0.4, 0.5) is 8.78 Å². The van der Waals surface area contributed by atoms with Crippen molar-refractivity contribution in [2.24, 2.45) is 0 Å². The zero-order chi connectivity index (χ0) is 17.0. The number of hydrogen-bond donors (Lipinski definition) is 0. The monoisotopic (exact) mass is 338 g/mol. The molecule has 1 aliphatic carbocycles. The van der Waals surface area contributed by atoms with E-state index in [9.17, 15) is 8.78 Å². The van der Waals surface area contributed by atoms with E-state index in [1.165, 1.54) is 6.39 Å². The maximum Gasteiger partial charge on any atom is 0.182 e. The molecule has 0 aliphatic heterocycles. The van der Waals surface area contributed by atoms with Crippen molar-refractivity contribution in [1.82, 2.24) is 19.6 Å². The molecule has 1 aliphatic rings. The van der Waals surface area contributed by atoms with Gasteiger partial charge >= 0.3 is 0 Å². The van der Waals surface area contributed by atoms with E-state index in [4.69, 9.17) is 4.42 Å². The Hall–Kier alpha value is -3.09. The van der Waals surface area contributed by atoms with E-state index in [1.807, 2.05) is 22.7 Å². The molecule has 0 bridgehead atoms. The fourth-order valence-corrected chi connectivity index (χ4v) is 2.98. The predicted octanol–water partition coefficient (Wildman–Crippen LogP) is 4.21. The van der Waals surface area contributed by atoms with E-state index in [1.54, 1.807) is 0 Å². The van der Waals surface area contributed by atoms with E-state index in [2.05, 4.69) is 15.2 Å². The summed E-state index contributed by atoms with van der Waals surface area (Å²) in [5.41, 5.74) is 1.77. The number of pyridine rings is 1. The molecule has 0 spiro atoms. The van der Waals surface area contributed by atoms with Crippen LogP contribution >= 0.6 is 0 Å². The minimum absolute atomic E-state index is 0.0648. The number of halogens is 2. The van der Waals surface area contributed by atoms with Crippen molar-refractivity contribution in [3.8, 4) is 22.6 Å². The van der Waals surface area contributed by atoms with Gasteiger partial charge in [-0.1, -0.05) is 0 Å². The molecule has 0 unspecified atom stereocenters. The molecule has 0 amide bonds. The number of benzene rings is 1. The molecule has 0 saturated heterocycles. The molecule has 1 fully saturated rings. The molecule has 5 nitrogen and oxygen atoms in total. The Labute approximate surface area is 141 Å². The van der Waals surface area contributed by atoms with Gasteiger partial charge in [-0.2, -0.15) is 0 Å². The van der Waals surface area contributed by atoms with Crippen molar-refractivity contribution in [2.75, 3.05) is 0 Å². The minimum atomic E-state index is -0.555. The van der Waals surface area contributed by atoms with Crippen LogP contribution in [0.1, 0.15) is 24.6 Å². The lowest BCUT2D eigenvalue weighted by Crippen LogP contribution is -1.94. The first-order valence-corrected chi connectivity index (χ1v) is 7.94. The molecule has 25 heavy (non-hydrogen) atoms. The van der Waals surface area contributed by atoms with Crippen LogP contribution in [0, 0.1) is 11.6 Å². The van der Waals surface area contributed by atoms with Crippen molar-refractivity contribution >= 4 is 5.65 Å². The highest BCUT2D eigenvalue weighted by Gasteiger charge is 2.29. The summed E-state index contributed by atoms with van der Waals surface area (Å²) in [5, 5.41) is 8.41. The van der Waals surface area contributed by atoms with Crippen LogP contribution in [0.15, 0.2) is 47.3 Å². The maximum atomic E-state index is 14.1. The van der Waals surface area contributed by atoms with Crippen molar-refractivity contribution in [1.29, 1.82) is 0 Å². The number of fused-ring (bicyclic) bond motifs is 1. The first-order chi connectivity index (χ1) is 12.2. The zero-order valence-electron chi connectivity index (χ0n) is 13.0. The van der Waals surface area contributed by atoms with Crippen LogP contribution < -0.4 is 0 Å². The minimum Gasteiger partial charge on any atom is -0.443 e. The van der Waals surface area contributed by atoms with Gasteiger partial charge in [0.1, 0.15) is 23.2 Å². The van der Waals surface area contributed by atoms with Crippen LogP contribution in [0.5, 0.6) is 0 Å². The van der Waals surface area contributed by atoms with Crippen molar-refractivity contribution in [2.45, 2.75) is 18.8 Å². The summed E-state index contributed by atoms with van der Waals surface area (Å²) in [6.45, 7) is 0. The first-order valence-electron chi connectivity index (χ1n) is 7.94. The zero-order valence-corrected chi connectivity index (χ0v) is 13.0. The molecule has 124 valence electrons. The summed E-state index contributed by atoms with van der Waals surface area (Å²) in [7, 11) is 0. The summed E-state index contributed by atoms with van der Waals surface area (Å²) in [5.74, 6) is 0.632. The average molecular weight is 338 g/mol. The Morgan fingerprint density at radius 3 is 2.80 bits per heavy atom. The van der Waals surface area contributed by atoms with Gasteiger partial charge in [-0.05, 0) is 43.2 Å². The van der Waals surface area contributed by atoms with Gasteiger partial charge in [-0.25, -0.2) is 13.8 Å². The lowest BCUT2D eigenvalue weighted by atomic mass is 10.1. The van der Waals surface area contributed by atoms with Gasteiger partial charge in [0, 0.05) is 23.2 Å². The van der Waals surface area contributed by atoms with E-state index in [-0.39, 0.29) is 11.3 Å². The van der Waals surface area contributed by atoms with Crippen LogP contribution in [-0.2, 0) is 0 Å². The largest absolute Gasteiger partial charge is 0.443 e. The molecule has 4 aromatic rings. The third kappa shape index (κ3) is 2.31. The Bertz CT molecular complexity index is 1100. The van der Waals surface area contributed by atoms with Crippen LogP contribution in [0.2, 0.25) is 0 Å². The molecule has 1 aromatic carbocycles. The van der Waals surface area contributed by atoms with Gasteiger partial charge < -0.3 is 4.42 Å². The lowest BCUT2D eigenvalue weighted by molar-refractivity contribution is 0.571. The highest BCUT2D eigenvalue weighted by Crippen LogP contribution is 2.39. The average Bonchev–Trinajstić information content (AvgIpc) is 3.19. The van der Waals surface area contributed by atoms with E-state index in [0.29, 0.717) is 17.2 Å². The van der Waals surface area contributed by atoms with Gasteiger partial charge in [-0.15, -0.1) is 10.2 Å². The third-order valence-corrected chi connectivity index (χ3v) is 4.38. The molecule has 5 rings (SSSR count). The van der Waals surface area contributed by atoms with Crippen molar-refractivity contribution in [3.63, 3.8) is 0 Å². The maximum absolute atomic E-state index is 14.1. The molecular weight excluding hydrogens is 326 g/mol. The fraction of sp³-hybridized carbons (Fsp3) is 0.167. The van der Waals surface area contributed by atoms with Gasteiger partial charge in [0.2, 0.25) is 0 Å². The lowest BCUT2D eigenvalue weighted by Gasteiger charge is -2.05. The van der Waals surface area contributed by atoms with Gasteiger partial charge in [-0.3, -0.25) is 4.40 Å². The van der Waals surface area contributed by atoms with Gasteiger partial charge in [0.05, 0.1) is 0 Å². The summed E-state index contributed by atoms with van der Waals surface area (Å²) < 4.78 is 35.1. The second kappa shape index (κ2) is 5.20. The quantitative estimate of drug-likeness (QED) is 0.561. The van der Waals surface area contributed by atoms with Gasteiger partial charge in [0.25, 0.3) is 0 Å². The van der Waals surface area contributed by atoms with E-state index >= 15 is 0 Å². The SMILES string of the molecule is Fc1ccc(F)c(-c2ncoc2-c2ccc3nnc(C4CC4)n3c2)c1. The molecule has 7 heteroatoms. The molecule has 3 heterocycles. The van der Waals surface area contributed by atoms with Gasteiger partial charge in [0.15, 0.2) is 17.8 Å². The summed E-state index contributed by atoms with van der Waals surface area (Å²) >= 11 is 0. The molecule has 3 aromatic heterocycles. The third-order valence-electron chi connectivity index (χ3n) is 4.38. The van der Waals surface area contributed by atoms with Crippen LogP contribution in [0.3, 0.4) is 0 Å². The van der Waals surface area contributed by atoms with E-state index < -0.39 is 11.6 Å². The highest BCUT2D eigenvalue weighted by molar-refractivity contribution is 5.77. The number of aromatic nitrogens is 4. The molecular formula is C18H12F2N4O. The van der Waals surface area contributed by atoms with Crippen LogP contribution in [-0.4, -0.2) is 19.6 Å². The smallest absolute Gasteiger partial charge is 0.182 e. The second-order valence-corrected chi connectivity index (χ2v) is 6.13. The normalized spacial score (nSPS) is 14.3. The van der Waals surface area contributed by atoms with Crippen molar-refractivity contribution in [3.05, 3.63) is 60.4 Å². The Morgan fingerprint density at radius 2 is 1.96 bits per heavy atom. The number of rotatable bonds is 3. The second-order valence-electron chi connectivity index (χ2n) is 6.13. The topological polar surface area (TPSA) is 56.2 Å². The predicted molar refractivity (Wildman–Crippen MR) is 85.8 cm³/mol. The Balaban J connectivity index is 1.67. The summed E-state index contributed by atoms with van der Waals surface area (Å²) in [4.78, 5) is 4.09. The number of hydrogen-bond acceptors (Lipinski definition) is 4.